The summed E-state index contributed by atoms with van der Waals surface area (Å²) >= 11 is 1.88. The van der Waals surface area contributed by atoms with Crippen LogP contribution >= 0.6 is 11.3 Å². The molecule has 0 radical (unpaired) electrons. The summed E-state index contributed by atoms with van der Waals surface area (Å²) in [6, 6.07) is 13.4. The minimum Gasteiger partial charge on any atom is -0.271 e. The predicted octanol–water partition coefficient (Wildman–Crippen LogP) is 3.62. The maximum Gasteiger partial charge on any atom is 0.0508 e. The highest BCUT2D eigenvalue weighted by Gasteiger charge is 2.11. The lowest BCUT2D eigenvalue weighted by atomic mass is 10.0. The summed E-state index contributed by atoms with van der Waals surface area (Å²) in [6.07, 6.45) is 3.13. The smallest absolute Gasteiger partial charge is 0.0508 e. The third-order valence-corrected chi connectivity index (χ3v) is 4.71. The molecule has 1 unspecified atom stereocenters. The van der Waals surface area contributed by atoms with Gasteiger partial charge in [-0.2, -0.15) is 0 Å². The van der Waals surface area contributed by atoms with Crippen LogP contribution in [0, 0.1) is 0 Å². The van der Waals surface area contributed by atoms with E-state index in [4.69, 9.17) is 5.84 Å². The molecule has 1 aromatic carbocycles. The largest absolute Gasteiger partial charge is 0.271 e. The summed E-state index contributed by atoms with van der Waals surface area (Å²) in [6.45, 7) is 4.36. The van der Waals surface area contributed by atoms with Gasteiger partial charge in [-0.05, 0) is 36.1 Å². The first-order valence-corrected chi connectivity index (χ1v) is 7.71. The third kappa shape index (κ3) is 3.66. The molecule has 0 saturated heterocycles. The minimum absolute atomic E-state index is 0.189. The fourth-order valence-electron chi connectivity index (χ4n) is 2.18. The van der Waals surface area contributed by atoms with Gasteiger partial charge in [0.05, 0.1) is 6.04 Å². The van der Waals surface area contributed by atoms with Crippen LogP contribution in [0.1, 0.15) is 40.8 Å². The van der Waals surface area contributed by atoms with Crippen LogP contribution < -0.4 is 11.3 Å². The summed E-state index contributed by atoms with van der Waals surface area (Å²) in [4.78, 5) is 2.83. The molecule has 0 spiro atoms. The average Bonchev–Trinajstić information content (AvgIpc) is 2.92. The van der Waals surface area contributed by atoms with E-state index in [1.165, 1.54) is 20.9 Å². The molecule has 2 rings (SSSR count). The Morgan fingerprint density at radius 3 is 2.21 bits per heavy atom. The van der Waals surface area contributed by atoms with E-state index in [0.717, 1.165) is 19.3 Å². The van der Waals surface area contributed by atoms with Gasteiger partial charge in [0.15, 0.2) is 0 Å². The van der Waals surface area contributed by atoms with Crippen LogP contribution in [0.15, 0.2) is 36.4 Å². The fourth-order valence-corrected chi connectivity index (χ4v) is 3.19. The first kappa shape index (κ1) is 14.3. The number of rotatable bonds is 6. The molecule has 0 saturated carbocycles. The van der Waals surface area contributed by atoms with Crippen molar-refractivity contribution in [2.24, 2.45) is 5.84 Å². The molecule has 1 heterocycles. The van der Waals surface area contributed by atoms with Gasteiger partial charge in [0.2, 0.25) is 0 Å². The lowest BCUT2D eigenvalue weighted by Crippen LogP contribution is -2.29. The molecule has 2 aromatic rings. The molecular formula is C16H22N2S. The lowest BCUT2D eigenvalue weighted by molar-refractivity contribution is 0.555. The predicted molar refractivity (Wildman–Crippen MR) is 83.3 cm³/mol. The van der Waals surface area contributed by atoms with Crippen molar-refractivity contribution in [3.05, 3.63) is 57.3 Å². The van der Waals surface area contributed by atoms with Gasteiger partial charge >= 0.3 is 0 Å². The fraction of sp³-hybridized carbons (Fsp3) is 0.375. The first-order chi connectivity index (χ1) is 9.26. The van der Waals surface area contributed by atoms with E-state index in [1.807, 2.05) is 11.3 Å². The van der Waals surface area contributed by atoms with Crippen molar-refractivity contribution in [1.82, 2.24) is 5.43 Å². The van der Waals surface area contributed by atoms with E-state index in [1.54, 1.807) is 0 Å². The molecule has 102 valence electrons. The molecular weight excluding hydrogens is 252 g/mol. The van der Waals surface area contributed by atoms with Gasteiger partial charge in [-0.3, -0.25) is 11.3 Å². The second-order valence-electron chi connectivity index (χ2n) is 4.74. The molecule has 1 atom stereocenters. The van der Waals surface area contributed by atoms with E-state index >= 15 is 0 Å². The first-order valence-electron chi connectivity index (χ1n) is 6.89. The van der Waals surface area contributed by atoms with Crippen molar-refractivity contribution < 1.29 is 0 Å². The Labute approximate surface area is 119 Å². The van der Waals surface area contributed by atoms with Crippen molar-refractivity contribution in [3.8, 4) is 0 Å². The molecule has 0 aliphatic rings. The van der Waals surface area contributed by atoms with E-state index in [0.29, 0.717) is 0 Å². The molecule has 2 nitrogen and oxygen atoms in total. The normalized spacial score (nSPS) is 12.6. The molecule has 3 N–H and O–H groups in total. The standard InChI is InChI=1S/C16H22N2S/c1-3-12-5-7-13(8-6-12)16(18-17)11-15-10-9-14(4-2)19-15/h5-10,16,18H,3-4,11,17H2,1-2H3. The number of hydrogen-bond acceptors (Lipinski definition) is 3. The highest BCUT2D eigenvalue weighted by Crippen LogP contribution is 2.24. The number of aryl methyl sites for hydroxylation is 2. The number of nitrogens with two attached hydrogens (primary N) is 1. The highest BCUT2D eigenvalue weighted by atomic mass is 32.1. The quantitative estimate of drug-likeness (QED) is 0.623. The van der Waals surface area contributed by atoms with Gasteiger partial charge in [-0.1, -0.05) is 38.1 Å². The number of hydrogen-bond donors (Lipinski definition) is 2. The summed E-state index contributed by atoms with van der Waals surface area (Å²) in [7, 11) is 0. The summed E-state index contributed by atoms with van der Waals surface area (Å²) in [5.74, 6) is 5.72. The van der Waals surface area contributed by atoms with Crippen LogP contribution in [-0.2, 0) is 19.3 Å². The molecule has 0 aliphatic carbocycles. The Balaban J connectivity index is 2.10. The molecule has 0 aliphatic heterocycles. The van der Waals surface area contributed by atoms with E-state index in [-0.39, 0.29) is 6.04 Å². The minimum atomic E-state index is 0.189. The zero-order valence-corrected chi connectivity index (χ0v) is 12.5. The van der Waals surface area contributed by atoms with Crippen molar-refractivity contribution in [2.45, 2.75) is 39.2 Å². The van der Waals surface area contributed by atoms with Crippen LogP contribution in [-0.4, -0.2) is 0 Å². The molecule has 0 amide bonds. The van der Waals surface area contributed by atoms with Crippen molar-refractivity contribution in [2.75, 3.05) is 0 Å². The van der Waals surface area contributed by atoms with Crippen LogP contribution in [0.4, 0.5) is 0 Å². The lowest BCUT2D eigenvalue weighted by Gasteiger charge is -2.15. The molecule has 1 aromatic heterocycles. The van der Waals surface area contributed by atoms with E-state index < -0.39 is 0 Å². The Hall–Kier alpha value is -1.16. The molecule has 0 bridgehead atoms. The second kappa shape index (κ2) is 6.85. The number of hydrazine groups is 1. The van der Waals surface area contributed by atoms with Crippen LogP contribution in [0.3, 0.4) is 0 Å². The topological polar surface area (TPSA) is 38.0 Å². The molecule has 19 heavy (non-hydrogen) atoms. The Kier molecular flexibility index (Phi) is 5.14. The Morgan fingerprint density at radius 1 is 1.00 bits per heavy atom. The van der Waals surface area contributed by atoms with Gasteiger partial charge in [-0.15, -0.1) is 11.3 Å². The van der Waals surface area contributed by atoms with Gasteiger partial charge < -0.3 is 0 Å². The van der Waals surface area contributed by atoms with Gasteiger partial charge in [-0.25, -0.2) is 0 Å². The Bertz CT molecular complexity index is 502. The van der Waals surface area contributed by atoms with Crippen LogP contribution in [0.25, 0.3) is 0 Å². The van der Waals surface area contributed by atoms with E-state index in [9.17, 15) is 0 Å². The van der Waals surface area contributed by atoms with Crippen molar-refractivity contribution in [1.29, 1.82) is 0 Å². The second-order valence-corrected chi connectivity index (χ2v) is 5.99. The SMILES string of the molecule is CCc1ccc(C(Cc2ccc(CC)s2)NN)cc1. The zero-order valence-electron chi connectivity index (χ0n) is 11.6. The monoisotopic (exact) mass is 274 g/mol. The third-order valence-electron chi connectivity index (χ3n) is 3.46. The average molecular weight is 274 g/mol. The van der Waals surface area contributed by atoms with Crippen molar-refractivity contribution in [3.63, 3.8) is 0 Å². The van der Waals surface area contributed by atoms with Gasteiger partial charge in [0, 0.05) is 16.2 Å². The zero-order chi connectivity index (χ0) is 13.7. The summed E-state index contributed by atoms with van der Waals surface area (Å²) in [5.41, 5.74) is 5.56. The Morgan fingerprint density at radius 2 is 1.68 bits per heavy atom. The molecule has 3 heteroatoms. The maximum absolute atomic E-state index is 5.72. The van der Waals surface area contributed by atoms with E-state index in [2.05, 4.69) is 55.7 Å². The highest BCUT2D eigenvalue weighted by molar-refractivity contribution is 7.11. The van der Waals surface area contributed by atoms with Gasteiger partial charge in [0.25, 0.3) is 0 Å². The van der Waals surface area contributed by atoms with Crippen LogP contribution in [0.5, 0.6) is 0 Å². The number of thiophene rings is 1. The summed E-state index contributed by atoms with van der Waals surface area (Å²) < 4.78 is 0. The van der Waals surface area contributed by atoms with Gasteiger partial charge in [0.1, 0.15) is 0 Å². The number of benzene rings is 1. The molecule has 0 fully saturated rings. The maximum atomic E-state index is 5.72. The van der Waals surface area contributed by atoms with Crippen LogP contribution in [0.2, 0.25) is 0 Å². The van der Waals surface area contributed by atoms with Crippen molar-refractivity contribution >= 4 is 11.3 Å². The number of nitrogens with one attached hydrogen (secondary N) is 1. The summed E-state index contributed by atoms with van der Waals surface area (Å²) in [5, 5.41) is 0.